The molecule has 0 N–H and O–H groups in total. The Labute approximate surface area is 130 Å². The molecular weight excluding hydrogens is 272 g/mol. The quantitative estimate of drug-likeness (QED) is 0.611. The molecule has 2 nitrogen and oxygen atoms in total. The van der Waals surface area contributed by atoms with Crippen LogP contribution in [-0.2, 0) is 0 Å². The molecule has 2 heteroatoms. The van der Waals surface area contributed by atoms with Crippen LogP contribution in [0.25, 0.3) is 11.1 Å². The van der Waals surface area contributed by atoms with Crippen LogP contribution in [0.2, 0.25) is 0 Å². The first-order valence-electron chi connectivity index (χ1n) is 7.15. The summed E-state index contributed by atoms with van der Waals surface area (Å²) in [4.78, 5) is 10.6. The summed E-state index contributed by atoms with van der Waals surface area (Å²) in [6, 6.07) is 23.5. The summed E-state index contributed by atoms with van der Waals surface area (Å²) in [5.74, 6) is 1.49. The van der Waals surface area contributed by atoms with E-state index in [2.05, 4.69) is 31.2 Å². The van der Waals surface area contributed by atoms with Gasteiger partial charge in [0.1, 0.15) is 17.8 Å². The number of carbonyl (C=O) groups is 1. The van der Waals surface area contributed by atoms with E-state index < -0.39 is 0 Å². The van der Waals surface area contributed by atoms with Gasteiger partial charge in [0.05, 0.1) is 0 Å². The van der Waals surface area contributed by atoms with Gasteiger partial charge in [-0.2, -0.15) is 0 Å². The average molecular weight is 288 g/mol. The highest BCUT2D eigenvalue weighted by Crippen LogP contribution is 2.26. The van der Waals surface area contributed by atoms with Gasteiger partial charge in [-0.3, -0.25) is 4.79 Å². The van der Waals surface area contributed by atoms with E-state index in [1.165, 1.54) is 11.1 Å². The Kier molecular flexibility index (Phi) is 4.01. The van der Waals surface area contributed by atoms with Gasteiger partial charge in [0, 0.05) is 5.56 Å². The van der Waals surface area contributed by atoms with Gasteiger partial charge < -0.3 is 4.74 Å². The van der Waals surface area contributed by atoms with Crippen molar-refractivity contribution in [2.24, 2.45) is 0 Å². The van der Waals surface area contributed by atoms with Gasteiger partial charge in [-0.25, -0.2) is 0 Å². The van der Waals surface area contributed by atoms with Gasteiger partial charge in [0.25, 0.3) is 0 Å². The van der Waals surface area contributed by atoms with Crippen LogP contribution >= 0.6 is 0 Å². The number of hydrogen-bond donors (Lipinski definition) is 0. The monoisotopic (exact) mass is 288 g/mol. The van der Waals surface area contributed by atoms with E-state index in [1.54, 1.807) is 24.3 Å². The topological polar surface area (TPSA) is 26.3 Å². The smallest absolute Gasteiger partial charge is 0.150 e. The zero-order valence-electron chi connectivity index (χ0n) is 12.3. The van der Waals surface area contributed by atoms with Crippen molar-refractivity contribution in [3.8, 4) is 22.6 Å². The highest BCUT2D eigenvalue weighted by molar-refractivity contribution is 5.74. The molecule has 3 rings (SSSR count). The fourth-order valence-corrected chi connectivity index (χ4v) is 2.21. The minimum atomic E-state index is 0.641. The van der Waals surface area contributed by atoms with Crippen molar-refractivity contribution in [1.82, 2.24) is 0 Å². The Morgan fingerprint density at radius 3 is 1.64 bits per heavy atom. The van der Waals surface area contributed by atoms with Crippen molar-refractivity contribution >= 4 is 6.29 Å². The molecule has 0 aliphatic carbocycles. The first kappa shape index (κ1) is 14.1. The lowest BCUT2D eigenvalue weighted by molar-refractivity contribution is 0.112. The van der Waals surface area contributed by atoms with Crippen LogP contribution in [0.3, 0.4) is 0 Å². The van der Waals surface area contributed by atoms with Gasteiger partial charge in [0.2, 0.25) is 0 Å². The van der Waals surface area contributed by atoms with E-state index in [-0.39, 0.29) is 0 Å². The third-order valence-electron chi connectivity index (χ3n) is 3.49. The maximum absolute atomic E-state index is 10.6. The fourth-order valence-electron chi connectivity index (χ4n) is 2.21. The minimum Gasteiger partial charge on any atom is -0.457 e. The normalized spacial score (nSPS) is 10.2. The number of carbonyl (C=O) groups excluding carboxylic acids is 1. The number of aryl methyl sites for hydroxylation is 1. The molecule has 0 amide bonds. The van der Waals surface area contributed by atoms with Crippen LogP contribution in [0.4, 0.5) is 0 Å². The molecule has 0 spiro atoms. The summed E-state index contributed by atoms with van der Waals surface area (Å²) in [6.45, 7) is 2.08. The standard InChI is InChI=1S/C20H16O2/c1-15-2-6-17(7-3-15)18-8-12-20(13-9-18)22-19-10-4-16(14-21)5-11-19/h2-14H,1H3. The first-order valence-corrected chi connectivity index (χ1v) is 7.15. The molecule has 0 aromatic heterocycles. The van der Waals surface area contributed by atoms with Crippen LogP contribution in [0, 0.1) is 6.92 Å². The van der Waals surface area contributed by atoms with Gasteiger partial charge in [-0.05, 0) is 54.4 Å². The second-order valence-electron chi connectivity index (χ2n) is 5.18. The van der Waals surface area contributed by atoms with E-state index in [4.69, 9.17) is 4.74 Å². The first-order chi connectivity index (χ1) is 10.7. The Hall–Kier alpha value is -2.87. The van der Waals surface area contributed by atoms with Crippen molar-refractivity contribution in [2.75, 3.05) is 0 Å². The van der Waals surface area contributed by atoms with Crippen molar-refractivity contribution in [3.05, 3.63) is 83.9 Å². The molecule has 0 saturated heterocycles. The third kappa shape index (κ3) is 3.23. The van der Waals surface area contributed by atoms with Crippen LogP contribution in [0.15, 0.2) is 72.8 Å². The van der Waals surface area contributed by atoms with Crippen LogP contribution in [0.1, 0.15) is 15.9 Å². The molecule has 3 aromatic carbocycles. The zero-order valence-corrected chi connectivity index (χ0v) is 12.3. The summed E-state index contributed by atoms with van der Waals surface area (Å²) < 4.78 is 5.77. The van der Waals surface area contributed by atoms with Crippen LogP contribution in [0.5, 0.6) is 11.5 Å². The lowest BCUT2D eigenvalue weighted by Gasteiger charge is -2.07. The molecule has 0 aliphatic rings. The third-order valence-corrected chi connectivity index (χ3v) is 3.49. The van der Waals surface area contributed by atoms with Crippen molar-refractivity contribution in [3.63, 3.8) is 0 Å². The average Bonchev–Trinajstić information content (AvgIpc) is 2.57. The fraction of sp³-hybridized carbons (Fsp3) is 0.0500. The SMILES string of the molecule is Cc1ccc(-c2ccc(Oc3ccc(C=O)cc3)cc2)cc1. The molecule has 0 radical (unpaired) electrons. The lowest BCUT2D eigenvalue weighted by atomic mass is 10.0. The van der Waals surface area contributed by atoms with Gasteiger partial charge in [-0.1, -0.05) is 42.0 Å². The molecule has 0 heterocycles. The number of hydrogen-bond acceptors (Lipinski definition) is 2. The second-order valence-corrected chi connectivity index (χ2v) is 5.18. The lowest BCUT2D eigenvalue weighted by Crippen LogP contribution is -1.86. The largest absolute Gasteiger partial charge is 0.457 e. The van der Waals surface area contributed by atoms with Gasteiger partial charge in [-0.15, -0.1) is 0 Å². The van der Waals surface area contributed by atoms with E-state index in [0.717, 1.165) is 17.6 Å². The molecule has 3 aromatic rings. The van der Waals surface area contributed by atoms with E-state index >= 15 is 0 Å². The maximum atomic E-state index is 10.6. The number of aldehydes is 1. The van der Waals surface area contributed by atoms with Crippen molar-refractivity contribution in [1.29, 1.82) is 0 Å². The number of ether oxygens (including phenoxy) is 1. The molecule has 0 saturated carbocycles. The summed E-state index contributed by atoms with van der Waals surface area (Å²) in [5.41, 5.74) is 4.24. The Bertz CT molecular complexity index is 754. The highest BCUT2D eigenvalue weighted by Gasteiger charge is 2.00. The summed E-state index contributed by atoms with van der Waals surface area (Å²) >= 11 is 0. The Morgan fingerprint density at radius 1 is 0.682 bits per heavy atom. The van der Waals surface area contributed by atoms with Crippen molar-refractivity contribution in [2.45, 2.75) is 6.92 Å². The molecule has 22 heavy (non-hydrogen) atoms. The zero-order chi connectivity index (χ0) is 15.4. The van der Waals surface area contributed by atoms with Crippen LogP contribution in [-0.4, -0.2) is 6.29 Å². The van der Waals surface area contributed by atoms with Gasteiger partial charge >= 0.3 is 0 Å². The summed E-state index contributed by atoms with van der Waals surface area (Å²) in [6.07, 6.45) is 0.820. The van der Waals surface area contributed by atoms with E-state index in [1.807, 2.05) is 24.3 Å². The summed E-state index contributed by atoms with van der Waals surface area (Å²) in [5, 5.41) is 0. The predicted molar refractivity (Wildman–Crippen MR) is 88.5 cm³/mol. The van der Waals surface area contributed by atoms with E-state index in [0.29, 0.717) is 11.3 Å². The maximum Gasteiger partial charge on any atom is 0.150 e. The second kappa shape index (κ2) is 6.27. The molecule has 0 bridgehead atoms. The number of rotatable bonds is 4. The molecule has 0 unspecified atom stereocenters. The molecule has 0 atom stereocenters. The Balaban J connectivity index is 1.75. The molecular formula is C20H16O2. The van der Waals surface area contributed by atoms with Crippen LogP contribution < -0.4 is 4.74 Å². The molecule has 0 fully saturated rings. The van der Waals surface area contributed by atoms with E-state index in [9.17, 15) is 4.79 Å². The Morgan fingerprint density at radius 2 is 1.14 bits per heavy atom. The summed E-state index contributed by atoms with van der Waals surface area (Å²) in [7, 11) is 0. The number of benzene rings is 3. The molecule has 108 valence electrons. The minimum absolute atomic E-state index is 0.641. The molecule has 0 aliphatic heterocycles. The van der Waals surface area contributed by atoms with Crippen molar-refractivity contribution < 1.29 is 9.53 Å². The van der Waals surface area contributed by atoms with Gasteiger partial charge in [0.15, 0.2) is 0 Å². The highest BCUT2D eigenvalue weighted by atomic mass is 16.5. The predicted octanol–water partition coefficient (Wildman–Crippen LogP) is 5.27.